The molecule has 274 valence electrons. The number of rotatable bonds is 16. The van der Waals surface area contributed by atoms with Crippen molar-refractivity contribution in [2.45, 2.75) is 96.0 Å². The van der Waals surface area contributed by atoms with Crippen molar-refractivity contribution in [3.05, 3.63) is 95.6 Å². The van der Waals surface area contributed by atoms with Crippen molar-refractivity contribution in [3.63, 3.8) is 0 Å². The first-order valence-corrected chi connectivity index (χ1v) is 20.0. The number of methoxy groups -OCH3 is 1. The van der Waals surface area contributed by atoms with Gasteiger partial charge in [-0.25, -0.2) is 9.59 Å². The molecule has 3 aromatic rings. The van der Waals surface area contributed by atoms with Crippen molar-refractivity contribution in [2.75, 3.05) is 13.7 Å². The summed E-state index contributed by atoms with van der Waals surface area (Å²) >= 11 is 0. The number of ketones is 1. The van der Waals surface area contributed by atoms with Crippen molar-refractivity contribution in [1.29, 1.82) is 0 Å². The number of hydrogen-bond acceptors (Lipinski definition) is 9. The molecule has 12 heteroatoms. The summed E-state index contributed by atoms with van der Waals surface area (Å²) in [6.45, 7) is 14.2. The maximum atomic E-state index is 13.9. The molecule has 2 N–H and O–H groups in total. The molecule has 4 atom stereocenters. The molecule has 0 unspecified atom stereocenters. The molecular formula is C39H50N2O9Si. The number of amides is 2. The Labute approximate surface area is 301 Å². The Morgan fingerprint density at radius 2 is 1.41 bits per heavy atom. The molecule has 3 aromatic carbocycles. The average Bonchev–Trinajstić information content (AvgIpc) is 3.85. The molecule has 0 saturated carbocycles. The van der Waals surface area contributed by atoms with Crippen molar-refractivity contribution < 1.29 is 42.6 Å². The summed E-state index contributed by atoms with van der Waals surface area (Å²) in [4.78, 5) is 53.3. The Bertz CT molecular complexity index is 1650. The van der Waals surface area contributed by atoms with Crippen LogP contribution in [0.3, 0.4) is 0 Å². The molecule has 1 heterocycles. The molecule has 1 fully saturated rings. The van der Waals surface area contributed by atoms with Crippen LogP contribution < -0.4 is 19.8 Å². The normalized spacial score (nSPS) is 17.3. The van der Waals surface area contributed by atoms with Gasteiger partial charge in [0.15, 0.2) is 11.7 Å². The van der Waals surface area contributed by atoms with Crippen molar-refractivity contribution in [3.8, 4) is 11.5 Å². The van der Waals surface area contributed by atoms with Crippen LogP contribution in [0.1, 0.15) is 51.3 Å². The van der Waals surface area contributed by atoms with E-state index in [-0.39, 0.29) is 36.9 Å². The van der Waals surface area contributed by atoms with Gasteiger partial charge in [0.1, 0.15) is 30.2 Å². The minimum Gasteiger partial charge on any atom is -0.544 e. The van der Waals surface area contributed by atoms with Gasteiger partial charge in [0.25, 0.3) is 0 Å². The predicted molar refractivity (Wildman–Crippen MR) is 195 cm³/mol. The highest BCUT2D eigenvalue weighted by Gasteiger charge is 2.51. The second kappa shape index (κ2) is 16.6. The van der Waals surface area contributed by atoms with Crippen LogP contribution >= 0.6 is 0 Å². The van der Waals surface area contributed by atoms with Crippen LogP contribution in [0.25, 0.3) is 0 Å². The molecule has 0 spiro atoms. The lowest BCUT2D eigenvalue weighted by molar-refractivity contribution is -0.159. The Balaban J connectivity index is 1.48. The number of carbonyl (C=O) groups excluding carboxylic acids is 4. The predicted octanol–water partition coefficient (Wildman–Crippen LogP) is 5.93. The van der Waals surface area contributed by atoms with Gasteiger partial charge in [0, 0.05) is 12.8 Å². The van der Waals surface area contributed by atoms with E-state index in [4.69, 9.17) is 23.4 Å². The number of carbonyl (C=O) groups is 4. The van der Waals surface area contributed by atoms with Gasteiger partial charge in [-0.1, -0.05) is 75.4 Å². The maximum Gasteiger partial charge on any atom is 0.408 e. The van der Waals surface area contributed by atoms with E-state index >= 15 is 0 Å². The highest BCUT2D eigenvalue weighted by molar-refractivity contribution is 6.74. The van der Waals surface area contributed by atoms with Gasteiger partial charge in [-0.3, -0.25) is 9.59 Å². The minimum absolute atomic E-state index is 0.0222. The van der Waals surface area contributed by atoms with E-state index in [2.05, 4.69) is 44.5 Å². The fourth-order valence-electron chi connectivity index (χ4n) is 4.85. The lowest BCUT2D eigenvalue weighted by atomic mass is 9.96. The number of nitrogens with one attached hydrogen (secondary N) is 2. The Kier molecular flexibility index (Phi) is 12.7. The third-order valence-corrected chi connectivity index (χ3v) is 13.7. The van der Waals surface area contributed by atoms with E-state index in [0.717, 1.165) is 16.9 Å². The molecule has 0 aliphatic carbocycles. The van der Waals surface area contributed by atoms with Crippen molar-refractivity contribution in [2.24, 2.45) is 0 Å². The first-order chi connectivity index (χ1) is 24.0. The monoisotopic (exact) mass is 718 g/mol. The highest BCUT2D eigenvalue weighted by atomic mass is 28.4. The van der Waals surface area contributed by atoms with E-state index in [0.29, 0.717) is 11.3 Å². The average molecular weight is 719 g/mol. The minimum atomic E-state index is -2.06. The van der Waals surface area contributed by atoms with E-state index in [1.807, 2.05) is 54.6 Å². The number of alkyl carbamates (subject to hydrolysis) is 1. The largest absolute Gasteiger partial charge is 0.544 e. The second-order valence-electron chi connectivity index (χ2n) is 14.6. The summed E-state index contributed by atoms with van der Waals surface area (Å²) in [7, 11) is -0.516. The molecule has 0 aromatic heterocycles. The van der Waals surface area contributed by atoms with Crippen molar-refractivity contribution >= 4 is 32.1 Å². The summed E-state index contributed by atoms with van der Waals surface area (Å²) in [5, 5.41) is 5.23. The van der Waals surface area contributed by atoms with Gasteiger partial charge in [-0.05, 0) is 72.9 Å². The first-order valence-electron chi connectivity index (χ1n) is 17.1. The van der Waals surface area contributed by atoms with Crippen LogP contribution in [-0.4, -0.2) is 69.6 Å². The topological polar surface area (TPSA) is 142 Å². The second-order valence-corrected chi connectivity index (χ2v) is 19.3. The molecular weight excluding hydrogens is 669 g/mol. The molecule has 4 rings (SSSR count). The lowest BCUT2D eigenvalue weighted by Crippen LogP contribution is -2.52. The van der Waals surface area contributed by atoms with Crippen molar-refractivity contribution in [1.82, 2.24) is 10.6 Å². The smallest absolute Gasteiger partial charge is 0.408 e. The van der Waals surface area contributed by atoms with Crippen LogP contribution in [0.4, 0.5) is 4.79 Å². The number of hydrogen-bond donors (Lipinski definition) is 2. The zero-order valence-corrected chi connectivity index (χ0v) is 31.7. The third kappa shape index (κ3) is 11.2. The zero-order chi connectivity index (χ0) is 37.4. The van der Waals surface area contributed by atoms with Gasteiger partial charge in [0.05, 0.1) is 13.7 Å². The molecule has 51 heavy (non-hydrogen) atoms. The van der Waals surface area contributed by atoms with Crippen LogP contribution in [0, 0.1) is 0 Å². The number of benzene rings is 3. The molecule has 1 aliphatic heterocycles. The number of epoxide rings is 1. The van der Waals surface area contributed by atoms with E-state index in [1.54, 1.807) is 38.3 Å². The fourth-order valence-corrected chi connectivity index (χ4v) is 5.88. The summed E-state index contributed by atoms with van der Waals surface area (Å²) in [6.07, 6.45) is -1.83. The van der Waals surface area contributed by atoms with Gasteiger partial charge in [0.2, 0.25) is 20.0 Å². The SMILES string of the molecule is COc1ccc(C[C@H](NC(=O)[C@@H](C)NC(=O)OCc2ccccc2)C(=O)O[C@@H](Cc2ccc(O[Si](C)(C)C(C)(C)C)cc2)C(=O)[C@@]2(C)CO2)cc1. The Morgan fingerprint density at radius 1 is 0.843 bits per heavy atom. The van der Waals surface area contributed by atoms with E-state index in [9.17, 15) is 19.2 Å². The van der Waals surface area contributed by atoms with E-state index in [1.165, 1.54) is 6.92 Å². The molecule has 0 radical (unpaired) electrons. The summed E-state index contributed by atoms with van der Waals surface area (Å²) in [5.41, 5.74) is 1.19. The van der Waals surface area contributed by atoms with Gasteiger partial charge in [-0.2, -0.15) is 0 Å². The number of ether oxygens (including phenoxy) is 4. The number of esters is 1. The zero-order valence-electron chi connectivity index (χ0n) is 30.7. The van der Waals surface area contributed by atoms with Crippen LogP contribution in [0.15, 0.2) is 78.9 Å². The van der Waals surface area contributed by atoms with Crippen LogP contribution in [-0.2, 0) is 48.0 Å². The van der Waals surface area contributed by atoms with Crippen LogP contribution in [0.2, 0.25) is 18.1 Å². The fraction of sp³-hybridized carbons (Fsp3) is 0.436. The molecule has 2 amide bonds. The van der Waals surface area contributed by atoms with Gasteiger partial charge < -0.3 is 34.0 Å². The Morgan fingerprint density at radius 3 is 1.96 bits per heavy atom. The maximum absolute atomic E-state index is 13.9. The molecule has 11 nitrogen and oxygen atoms in total. The lowest BCUT2D eigenvalue weighted by Gasteiger charge is -2.36. The molecule has 1 aliphatic rings. The quantitative estimate of drug-likeness (QED) is 0.105. The number of Topliss-reactive ketones (excluding diaryl/α,β-unsaturated/α-hetero) is 1. The summed E-state index contributed by atoms with van der Waals surface area (Å²) < 4.78 is 28.3. The van der Waals surface area contributed by atoms with Crippen LogP contribution in [0.5, 0.6) is 11.5 Å². The van der Waals surface area contributed by atoms with Gasteiger partial charge >= 0.3 is 12.1 Å². The van der Waals surface area contributed by atoms with E-state index < -0.39 is 50.1 Å². The Hall–Kier alpha value is -4.68. The molecule has 1 saturated heterocycles. The third-order valence-electron chi connectivity index (χ3n) is 9.31. The summed E-state index contributed by atoms with van der Waals surface area (Å²) in [6, 6.07) is 21.3. The molecule has 0 bridgehead atoms. The van der Waals surface area contributed by atoms with Gasteiger partial charge in [-0.15, -0.1) is 0 Å². The highest BCUT2D eigenvalue weighted by Crippen LogP contribution is 2.37. The first kappa shape index (κ1) is 39.1. The standard InChI is InChI=1S/C39H50N2O9Si/c1-26(40-37(45)47-24-29-12-10-9-11-13-29)35(43)41-32(22-27-14-18-30(46-6)19-15-27)36(44)49-33(34(42)39(5)25-48-39)23-28-16-20-31(21-17-28)50-51(7,8)38(2,3)4/h9-21,26,32-33H,22-25H2,1-8H3,(H,40,45)(H,41,43)/t26-,32+,33+,39-/m1/s1. The summed E-state index contributed by atoms with van der Waals surface area (Å²) in [5.74, 6) is -0.462.